The van der Waals surface area contributed by atoms with Crippen LogP contribution in [0.4, 0.5) is 0 Å². The Kier molecular flexibility index (Phi) is 6.58. The minimum Gasteiger partial charge on any atom is -0.456 e. The van der Waals surface area contributed by atoms with Gasteiger partial charge in [0.1, 0.15) is 11.2 Å². The first-order valence-electron chi connectivity index (χ1n) is 19.9. The average molecular weight is 715 g/mol. The maximum absolute atomic E-state index is 6.42. The maximum atomic E-state index is 6.42. The van der Waals surface area contributed by atoms with Crippen molar-refractivity contribution < 1.29 is 4.42 Å². The van der Waals surface area contributed by atoms with E-state index in [1.807, 2.05) is 0 Å². The van der Waals surface area contributed by atoms with Crippen molar-refractivity contribution >= 4 is 70.6 Å². The Labute approximate surface area is 325 Å². The van der Waals surface area contributed by atoms with Crippen LogP contribution in [-0.4, -0.2) is 0 Å². The van der Waals surface area contributed by atoms with Gasteiger partial charge in [0.25, 0.3) is 0 Å². The van der Waals surface area contributed by atoms with Crippen LogP contribution < -0.4 is 0 Å². The third kappa shape index (κ3) is 4.31. The van der Waals surface area contributed by atoms with Gasteiger partial charge in [0, 0.05) is 16.2 Å². The predicted octanol–water partition coefficient (Wildman–Crippen LogP) is 15.6. The molecule has 0 N–H and O–H groups in total. The molecule has 0 aliphatic heterocycles. The summed E-state index contributed by atoms with van der Waals surface area (Å²) < 4.78 is 6.42. The summed E-state index contributed by atoms with van der Waals surface area (Å²) in [4.78, 5) is 0. The zero-order chi connectivity index (χ0) is 37.1. The van der Waals surface area contributed by atoms with Crippen LogP contribution >= 0.6 is 0 Å². The first-order chi connectivity index (χ1) is 27.6. The fourth-order valence-corrected chi connectivity index (χ4v) is 10.5. The molecule has 10 aromatic rings. The summed E-state index contributed by atoms with van der Waals surface area (Å²) in [5.41, 5.74) is 15.0. The molecule has 1 heteroatoms. The molecule has 56 heavy (non-hydrogen) atoms. The molecule has 1 heterocycles. The fourth-order valence-electron chi connectivity index (χ4n) is 10.5. The van der Waals surface area contributed by atoms with Gasteiger partial charge in [0.05, 0.1) is 0 Å². The van der Waals surface area contributed by atoms with E-state index < -0.39 is 0 Å². The molecule has 264 valence electrons. The number of benzene rings is 9. The van der Waals surface area contributed by atoms with Crippen molar-refractivity contribution in [2.75, 3.05) is 0 Å². The summed E-state index contributed by atoms with van der Waals surface area (Å²) in [5, 5.41) is 12.7. The standard InChI is InChI=1S/C55H38O/c1-55(2)47-30-25-35(32-46(47)44-27-24-34-26-31-49-53(51(34)54(44)55)45-22-12-13-23-48(45)56-49)50-39-18-8-10-20-41(39)52(42-21-11-9-19-40(42)50)43-29-28-36(33-14-4-3-5-15-33)37-16-6-7-17-38(37)43/h3-4,6-14,16-32H,5,15H2,1-2H3. The van der Waals surface area contributed by atoms with Crippen LogP contribution in [-0.2, 0) is 5.41 Å². The van der Waals surface area contributed by atoms with Gasteiger partial charge in [-0.05, 0) is 130 Å². The van der Waals surface area contributed by atoms with E-state index in [2.05, 4.69) is 184 Å². The van der Waals surface area contributed by atoms with Gasteiger partial charge in [-0.15, -0.1) is 0 Å². The lowest BCUT2D eigenvalue weighted by molar-refractivity contribution is 0.665. The first-order valence-corrected chi connectivity index (χ1v) is 19.9. The number of hydrogen-bond donors (Lipinski definition) is 0. The molecule has 0 saturated carbocycles. The topological polar surface area (TPSA) is 13.1 Å². The number of allylic oxidation sites excluding steroid dienone is 4. The molecule has 0 unspecified atom stereocenters. The molecule has 0 bridgehead atoms. The van der Waals surface area contributed by atoms with Gasteiger partial charge in [0.15, 0.2) is 0 Å². The van der Waals surface area contributed by atoms with E-state index in [0.29, 0.717) is 0 Å². The molecule has 0 atom stereocenters. The van der Waals surface area contributed by atoms with Gasteiger partial charge in [-0.1, -0.05) is 166 Å². The van der Waals surface area contributed by atoms with E-state index in [0.717, 1.165) is 24.0 Å². The van der Waals surface area contributed by atoms with Crippen molar-refractivity contribution in [2.45, 2.75) is 32.1 Å². The zero-order valence-electron chi connectivity index (χ0n) is 31.5. The lowest BCUT2D eigenvalue weighted by Crippen LogP contribution is -2.15. The third-order valence-electron chi connectivity index (χ3n) is 12.9. The second-order valence-electron chi connectivity index (χ2n) is 16.2. The highest BCUT2D eigenvalue weighted by Gasteiger charge is 2.38. The highest BCUT2D eigenvalue weighted by atomic mass is 16.3. The average Bonchev–Trinajstić information content (AvgIpc) is 3.74. The number of hydrogen-bond acceptors (Lipinski definition) is 1. The Morgan fingerprint density at radius 1 is 0.482 bits per heavy atom. The Morgan fingerprint density at radius 3 is 1.80 bits per heavy atom. The van der Waals surface area contributed by atoms with Crippen molar-refractivity contribution in [3.05, 3.63) is 187 Å². The molecule has 1 aromatic heterocycles. The predicted molar refractivity (Wildman–Crippen MR) is 239 cm³/mol. The van der Waals surface area contributed by atoms with Crippen LogP contribution in [0.5, 0.6) is 0 Å². The Hall–Kier alpha value is -6.70. The summed E-state index contributed by atoms with van der Waals surface area (Å²) in [5.74, 6) is 0. The Balaban J connectivity index is 1.11. The molecule has 12 rings (SSSR count). The summed E-state index contributed by atoms with van der Waals surface area (Å²) >= 11 is 0. The molecule has 0 radical (unpaired) electrons. The van der Waals surface area contributed by atoms with Crippen molar-refractivity contribution in [1.29, 1.82) is 0 Å². The first kappa shape index (κ1) is 31.6. The van der Waals surface area contributed by atoms with Crippen LogP contribution in [0.25, 0.3) is 104 Å². The van der Waals surface area contributed by atoms with Crippen LogP contribution in [0.3, 0.4) is 0 Å². The number of fused-ring (bicyclic) bond motifs is 12. The summed E-state index contributed by atoms with van der Waals surface area (Å²) in [6.07, 6.45) is 8.93. The molecule has 2 aliphatic carbocycles. The molecule has 0 amide bonds. The second-order valence-corrected chi connectivity index (χ2v) is 16.2. The normalized spacial score (nSPS) is 14.6. The SMILES string of the molecule is CC1(C)c2ccc(-c3c4ccccc4c(-c4ccc(C5=CC=CCC5)c5ccccc45)c4ccccc34)cc2-c2ccc3ccc4oc5ccccc5c4c3c21. The molecule has 0 saturated heterocycles. The van der Waals surface area contributed by atoms with E-state index in [-0.39, 0.29) is 5.41 Å². The van der Waals surface area contributed by atoms with Crippen molar-refractivity contribution in [2.24, 2.45) is 0 Å². The molecule has 0 spiro atoms. The fraction of sp³-hybridized carbons (Fsp3) is 0.0909. The minimum absolute atomic E-state index is 0.194. The van der Waals surface area contributed by atoms with Crippen LogP contribution in [0.15, 0.2) is 174 Å². The quantitative estimate of drug-likeness (QED) is 0.166. The number of para-hydroxylation sites is 1. The maximum Gasteiger partial charge on any atom is 0.136 e. The van der Waals surface area contributed by atoms with Crippen molar-refractivity contribution in [1.82, 2.24) is 0 Å². The number of furan rings is 1. The smallest absolute Gasteiger partial charge is 0.136 e. The van der Waals surface area contributed by atoms with E-state index in [9.17, 15) is 0 Å². The van der Waals surface area contributed by atoms with Gasteiger partial charge in [-0.25, -0.2) is 0 Å². The highest BCUT2D eigenvalue weighted by molar-refractivity contribution is 6.25. The van der Waals surface area contributed by atoms with Crippen LogP contribution in [0.1, 0.15) is 43.4 Å². The molecule has 1 nitrogen and oxygen atoms in total. The lowest BCUT2D eigenvalue weighted by Gasteiger charge is -2.24. The Morgan fingerprint density at radius 2 is 1.09 bits per heavy atom. The van der Waals surface area contributed by atoms with Gasteiger partial charge in [0.2, 0.25) is 0 Å². The van der Waals surface area contributed by atoms with Crippen LogP contribution in [0.2, 0.25) is 0 Å². The van der Waals surface area contributed by atoms with E-state index in [1.165, 1.54) is 110 Å². The lowest BCUT2D eigenvalue weighted by atomic mass is 9.79. The van der Waals surface area contributed by atoms with E-state index in [4.69, 9.17) is 4.42 Å². The molecular formula is C55H38O. The monoisotopic (exact) mass is 714 g/mol. The largest absolute Gasteiger partial charge is 0.456 e. The van der Waals surface area contributed by atoms with Crippen molar-refractivity contribution in [3.8, 4) is 33.4 Å². The van der Waals surface area contributed by atoms with Gasteiger partial charge in [-0.2, -0.15) is 0 Å². The third-order valence-corrected chi connectivity index (χ3v) is 12.9. The molecule has 0 fully saturated rings. The van der Waals surface area contributed by atoms with Crippen LogP contribution in [0, 0.1) is 0 Å². The number of rotatable bonds is 3. The Bertz CT molecular complexity index is 3330. The van der Waals surface area contributed by atoms with Gasteiger partial charge < -0.3 is 4.42 Å². The summed E-state index contributed by atoms with van der Waals surface area (Å²) in [6.45, 7) is 4.79. The summed E-state index contributed by atoms with van der Waals surface area (Å²) in [6, 6.07) is 56.6. The second kappa shape index (κ2) is 11.7. The zero-order valence-corrected chi connectivity index (χ0v) is 31.5. The van der Waals surface area contributed by atoms with Gasteiger partial charge >= 0.3 is 0 Å². The van der Waals surface area contributed by atoms with Crippen molar-refractivity contribution in [3.63, 3.8) is 0 Å². The molecular weight excluding hydrogens is 677 g/mol. The van der Waals surface area contributed by atoms with E-state index in [1.54, 1.807) is 0 Å². The highest BCUT2D eigenvalue weighted by Crippen LogP contribution is 2.55. The van der Waals surface area contributed by atoms with Gasteiger partial charge in [-0.3, -0.25) is 0 Å². The molecule has 2 aliphatic rings. The van der Waals surface area contributed by atoms with E-state index >= 15 is 0 Å². The molecule has 9 aromatic carbocycles. The summed E-state index contributed by atoms with van der Waals surface area (Å²) in [7, 11) is 0. The minimum atomic E-state index is -0.194.